The van der Waals surface area contributed by atoms with Gasteiger partial charge in [-0.3, -0.25) is 0 Å². The van der Waals surface area contributed by atoms with Crippen LogP contribution in [0.25, 0.3) is 0 Å². The van der Waals surface area contributed by atoms with E-state index in [1.54, 1.807) is 11.8 Å². The van der Waals surface area contributed by atoms with Crippen molar-refractivity contribution in [2.45, 2.75) is 32.6 Å². The molecular formula is C12H18OS. The van der Waals surface area contributed by atoms with Gasteiger partial charge in [0.15, 0.2) is 0 Å². The third-order valence-corrected chi connectivity index (χ3v) is 3.92. The zero-order valence-corrected chi connectivity index (χ0v) is 10.2. The number of hydrogen-bond acceptors (Lipinski definition) is 2. The number of aliphatic hydroxyl groups excluding tert-OH is 1. The summed E-state index contributed by atoms with van der Waals surface area (Å²) in [4.78, 5) is 1.34. The molecule has 0 atom stereocenters. The molecule has 1 nitrogen and oxygen atoms in total. The minimum Gasteiger partial charge on any atom is -0.396 e. The van der Waals surface area contributed by atoms with E-state index in [9.17, 15) is 0 Å². The molecule has 1 N–H and O–H groups in total. The fourth-order valence-electron chi connectivity index (χ4n) is 1.54. The number of aryl methyl sites for hydroxylation is 2. The summed E-state index contributed by atoms with van der Waals surface area (Å²) in [7, 11) is 0. The van der Waals surface area contributed by atoms with E-state index in [2.05, 4.69) is 33.8 Å². The Bertz CT molecular complexity index is 305. The van der Waals surface area contributed by atoms with E-state index in [4.69, 9.17) is 5.11 Å². The highest BCUT2D eigenvalue weighted by Crippen LogP contribution is 2.30. The van der Waals surface area contributed by atoms with Gasteiger partial charge in [-0.05, 0) is 49.9 Å². The van der Waals surface area contributed by atoms with Gasteiger partial charge in [0.1, 0.15) is 0 Å². The van der Waals surface area contributed by atoms with E-state index >= 15 is 0 Å². The number of thioether (sulfide) groups is 1. The standard InChI is InChI=1S/C12H18OS/c1-8-7-9(2)11(4)12(10(8)3)14-6-5-13/h7,13H,5-6H2,1-4H3. The molecule has 0 aliphatic carbocycles. The zero-order chi connectivity index (χ0) is 10.7. The Morgan fingerprint density at radius 1 is 1.07 bits per heavy atom. The summed E-state index contributed by atoms with van der Waals surface area (Å²) in [5, 5.41) is 8.83. The minimum absolute atomic E-state index is 0.247. The second kappa shape index (κ2) is 4.85. The van der Waals surface area contributed by atoms with Crippen molar-refractivity contribution >= 4 is 11.8 Å². The summed E-state index contributed by atoms with van der Waals surface area (Å²) in [5.41, 5.74) is 5.39. The van der Waals surface area contributed by atoms with Gasteiger partial charge in [0.25, 0.3) is 0 Å². The zero-order valence-electron chi connectivity index (χ0n) is 9.35. The third kappa shape index (κ3) is 2.31. The topological polar surface area (TPSA) is 20.2 Å². The second-order valence-electron chi connectivity index (χ2n) is 3.66. The highest BCUT2D eigenvalue weighted by molar-refractivity contribution is 7.99. The van der Waals surface area contributed by atoms with Gasteiger partial charge in [-0.2, -0.15) is 0 Å². The Labute approximate surface area is 90.5 Å². The molecule has 78 valence electrons. The molecule has 0 aliphatic rings. The van der Waals surface area contributed by atoms with Crippen molar-refractivity contribution in [1.29, 1.82) is 0 Å². The van der Waals surface area contributed by atoms with Crippen LogP contribution in [-0.4, -0.2) is 17.5 Å². The van der Waals surface area contributed by atoms with Crippen LogP contribution >= 0.6 is 11.8 Å². The summed E-state index contributed by atoms with van der Waals surface area (Å²) < 4.78 is 0. The van der Waals surface area contributed by atoms with Crippen LogP contribution in [0.15, 0.2) is 11.0 Å². The molecule has 0 aromatic heterocycles. The molecule has 14 heavy (non-hydrogen) atoms. The van der Waals surface area contributed by atoms with Crippen LogP contribution in [0.5, 0.6) is 0 Å². The van der Waals surface area contributed by atoms with E-state index in [1.165, 1.54) is 27.1 Å². The molecule has 1 aromatic rings. The number of aliphatic hydroxyl groups is 1. The molecule has 0 saturated carbocycles. The number of benzene rings is 1. The third-order valence-electron chi connectivity index (χ3n) is 2.63. The molecule has 0 heterocycles. The number of rotatable bonds is 3. The minimum atomic E-state index is 0.247. The average molecular weight is 210 g/mol. The quantitative estimate of drug-likeness (QED) is 0.774. The summed E-state index contributed by atoms with van der Waals surface area (Å²) in [5.74, 6) is 0.782. The fourth-order valence-corrected chi connectivity index (χ4v) is 2.60. The van der Waals surface area contributed by atoms with Gasteiger partial charge < -0.3 is 5.11 Å². The molecular weight excluding hydrogens is 192 g/mol. The van der Waals surface area contributed by atoms with Gasteiger partial charge in [-0.25, -0.2) is 0 Å². The summed E-state index contributed by atoms with van der Waals surface area (Å²) in [6.07, 6.45) is 0. The van der Waals surface area contributed by atoms with Crippen LogP contribution < -0.4 is 0 Å². The molecule has 1 aromatic carbocycles. The fraction of sp³-hybridized carbons (Fsp3) is 0.500. The van der Waals surface area contributed by atoms with Crippen molar-refractivity contribution in [1.82, 2.24) is 0 Å². The van der Waals surface area contributed by atoms with Gasteiger partial charge >= 0.3 is 0 Å². The lowest BCUT2D eigenvalue weighted by Crippen LogP contribution is -1.95. The highest BCUT2D eigenvalue weighted by atomic mass is 32.2. The van der Waals surface area contributed by atoms with Gasteiger partial charge in [-0.1, -0.05) is 6.07 Å². The van der Waals surface area contributed by atoms with Crippen molar-refractivity contribution in [3.05, 3.63) is 28.3 Å². The van der Waals surface area contributed by atoms with Crippen LogP contribution in [0.1, 0.15) is 22.3 Å². The van der Waals surface area contributed by atoms with Crippen LogP contribution in [0.4, 0.5) is 0 Å². The molecule has 0 radical (unpaired) electrons. The predicted octanol–water partition coefficient (Wildman–Crippen LogP) is 3.00. The van der Waals surface area contributed by atoms with Crippen LogP contribution in [-0.2, 0) is 0 Å². The van der Waals surface area contributed by atoms with Crippen molar-refractivity contribution in [3.63, 3.8) is 0 Å². The Kier molecular flexibility index (Phi) is 4.02. The van der Waals surface area contributed by atoms with E-state index in [0.29, 0.717) is 0 Å². The van der Waals surface area contributed by atoms with Crippen molar-refractivity contribution < 1.29 is 5.11 Å². The Morgan fingerprint density at radius 2 is 1.57 bits per heavy atom. The summed E-state index contributed by atoms with van der Waals surface area (Å²) >= 11 is 1.75. The molecule has 0 unspecified atom stereocenters. The van der Waals surface area contributed by atoms with E-state index in [0.717, 1.165) is 5.75 Å². The largest absolute Gasteiger partial charge is 0.396 e. The predicted molar refractivity (Wildman–Crippen MR) is 63.2 cm³/mol. The van der Waals surface area contributed by atoms with Gasteiger partial charge in [0, 0.05) is 10.6 Å². The lowest BCUT2D eigenvalue weighted by Gasteiger charge is -2.14. The molecule has 0 saturated heterocycles. The molecule has 0 bridgehead atoms. The van der Waals surface area contributed by atoms with Crippen LogP contribution in [0.2, 0.25) is 0 Å². The SMILES string of the molecule is Cc1cc(C)c(C)c(SCCO)c1C. The van der Waals surface area contributed by atoms with Gasteiger partial charge in [0.2, 0.25) is 0 Å². The van der Waals surface area contributed by atoms with Crippen molar-refractivity contribution in [3.8, 4) is 0 Å². The van der Waals surface area contributed by atoms with E-state index < -0.39 is 0 Å². The monoisotopic (exact) mass is 210 g/mol. The van der Waals surface area contributed by atoms with E-state index in [1.807, 2.05) is 0 Å². The summed E-state index contributed by atoms with van der Waals surface area (Å²) in [6, 6.07) is 2.23. The molecule has 1 rings (SSSR count). The molecule has 2 heteroatoms. The van der Waals surface area contributed by atoms with Crippen LogP contribution in [0.3, 0.4) is 0 Å². The molecule has 0 spiro atoms. The van der Waals surface area contributed by atoms with Gasteiger partial charge in [0.05, 0.1) is 6.61 Å². The maximum atomic E-state index is 8.83. The first-order valence-electron chi connectivity index (χ1n) is 4.89. The summed E-state index contributed by atoms with van der Waals surface area (Å²) in [6.45, 7) is 8.84. The lowest BCUT2D eigenvalue weighted by atomic mass is 10.0. The maximum Gasteiger partial charge on any atom is 0.0525 e. The Hall–Kier alpha value is -0.470. The highest BCUT2D eigenvalue weighted by Gasteiger charge is 2.07. The first-order valence-corrected chi connectivity index (χ1v) is 5.87. The number of hydrogen-bond donors (Lipinski definition) is 1. The maximum absolute atomic E-state index is 8.83. The smallest absolute Gasteiger partial charge is 0.0525 e. The van der Waals surface area contributed by atoms with E-state index in [-0.39, 0.29) is 6.61 Å². The second-order valence-corrected chi connectivity index (χ2v) is 4.77. The molecule has 0 fully saturated rings. The van der Waals surface area contributed by atoms with Crippen molar-refractivity contribution in [2.75, 3.05) is 12.4 Å². The lowest BCUT2D eigenvalue weighted by molar-refractivity contribution is 0.322. The molecule has 0 aliphatic heterocycles. The van der Waals surface area contributed by atoms with Gasteiger partial charge in [-0.15, -0.1) is 11.8 Å². The Morgan fingerprint density at radius 3 is 2.00 bits per heavy atom. The molecule has 0 amide bonds. The van der Waals surface area contributed by atoms with Crippen molar-refractivity contribution in [2.24, 2.45) is 0 Å². The Balaban J connectivity index is 3.11. The first-order chi connectivity index (χ1) is 6.57. The average Bonchev–Trinajstić information content (AvgIpc) is 2.15. The first kappa shape index (κ1) is 11.6. The normalized spacial score (nSPS) is 10.6. The van der Waals surface area contributed by atoms with Crippen LogP contribution in [0, 0.1) is 27.7 Å².